The summed E-state index contributed by atoms with van der Waals surface area (Å²) in [7, 11) is 1.65. The molecule has 0 N–H and O–H groups in total. The van der Waals surface area contributed by atoms with Gasteiger partial charge in [0.1, 0.15) is 6.07 Å². The third kappa shape index (κ3) is 1.79. The zero-order chi connectivity index (χ0) is 13.4. The number of hydrogen-bond donors (Lipinski definition) is 0. The molecule has 2 heterocycles. The van der Waals surface area contributed by atoms with E-state index < -0.39 is 5.76 Å². The first kappa shape index (κ1) is 11.2. The van der Waals surface area contributed by atoms with Crippen molar-refractivity contribution in [2.75, 3.05) is 0 Å². The van der Waals surface area contributed by atoms with Gasteiger partial charge in [0.15, 0.2) is 5.58 Å². The number of nitriles is 1. The Balaban J connectivity index is 2.23. The molecule has 3 rings (SSSR count). The number of benzene rings is 1. The lowest BCUT2D eigenvalue weighted by Crippen LogP contribution is -2.08. The van der Waals surface area contributed by atoms with E-state index in [-0.39, 0.29) is 0 Å². The van der Waals surface area contributed by atoms with Crippen LogP contribution in [-0.2, 0) is 7.05 Å². The maximum Gasteiger partial charge on any atom is 0.419 e. The highest BCUT2D eigenvalue weighted by Crippen LogP contribution is 2.23. The number of aryl methyl sites for hydroxylation is 1. The van der Waals surface area contributed by atoms with Gasteiger partial charge < -0.3 is 4.42 Å². The number of hydrogen-bond acceptors (Lipinski definition) is 4. The molecular weight excluding hydrogens is 242 g/mol. The van der Waals surface area contributed by atoms with Crippen LogP contribution in [0.1, 0.15) is 5.56 Å². The van der Waals surface area contributed by atoms with Gasteiger partial charge in [-0.3, -0.25) is 9.55 Å². The molecule has 0 amide bonds. The van der Waals surface area contributed by atoms with E-state index in [0.717, 1.165) is 11.1 Å². The van der Waals surface area contributed by atoms with Gasteiger partial charge in [-0.15, -0.1) is 0 Å². The first-order valence-electron chi connectivity index (χ1n) is 5.64. The smallest absolute Gasteiger partial charge is 0.408 e. The highest BCUT2D eigenvalue weighted by Gasteiger charge is 2.08. The lowest BCUT2D eigenvalue weighted by molar-refractivity contribution is 0.528. The molecule has 0 saturated carbocycles. The second-order valence-corrected chi connectivity index (χ2v) is 4.18. The van der Waals surface area contributed by atoms with E-state index in [1.165, 1.54) is 10.8 Å². The molecule has 0 aliphatic rings. The van der Waals surface area contributed by atoms with E-state index in [0.29, 0.717) is 16.7 Å². The quantitative estimate of drug-likeness (QED) is 0.663. The van der Waals surface area contributed by atoms with Crippen molar-refractivity contribution in [3.05, 3.63) is 52.8 Å². The summed E-state index contributed by atoms with van der Waals surface area (Å²) in [6.07, 6.45) is 3.19. The third-order valence-corrected chi connectivity index (χ3v) is 2.99. The summed E-state index contributed by atoms with van der Waals surface area (Å²) < 4.78 is 6.52. The summed E-state index contributed by atoms with van der Waals surface area (Å²) in [5.41, 5.74) is 3.47. The summed E-state index contributed by atoms with van der Waals surface area (Å²) in [6, 6.07) is 9.23. The zero-order valence-corrected chi connectivity index (χ0v) is 10.1. The van der Waals surface area contributed by atoms with Crippen LogP contribution in [0.4, 0.5) is 0 Å². The molecule has 0 saturated heterocycles. The number of nitrogens with zero attached hydrogens (tertiary/aromatic N) is 3. The molecule has 0 bridgehead atoms. The van der Waals surface area contributed by atoms with Crippen molar-refractivity contribution in [2.45, 2.75) is 0 Å². The van der Waals surface area contributed by atoms with Crippen LogP contribution >= 0.6 is 0 Å². The third-order valence-electron chi connectivity index (χ3n) is 2.99. The van der Waals surface area contributed by atoms with Crippen LogP contribution in [-0.4, -0.2) is 9.55 Å². The van der Waals surface area contributed by atoms with E-state index in [4.69, 9.17) is 9.68 Å². The molecule has 5 nitrogen and oxygen atoms in total. The van der Waals surface area contributed by atoms with E-state index in [1.54, 1.807) is 25.4 Å². The minimum Gasteiger partial charge on any atom is -0.408 e. The number of oxazole rings is 1. The Morgan fingerprint density at radius 1 is 1.26 bits per heavy atom. The Morgan fingerprint density at radius 2 is 2.11 bits per heavy atom. The summed E-state index contributed by atoms with van der Waals surface area (Å²) in [5, 5.41) is 8.88. The predicted octanol–water partition coefficient (Wildman–Crippen LogP) is 2.07. The van der Waals surface area contributed by atoms with Crippen LogP contribution in [0.5, 0.6) is 0 Å². The van der Waals surface area contributed by atoms with Crippen LogP contribution in [0.3, 0.4) is 0 Å². The van der Waals surface area contributed by atoms with Crippen molar-refractivity contribution in [3.63, 3.8) is 0 Å². The SMILES string of the molecule is Cn1c(=O)oc2ccc(-c3cncc(C#N)c3)cc21. The average Bonchev–Trinajstić information content (AvgIpc) is 2.74. The molecule has 0 spiro atoms. The molecule has 1 aromatic carbocycles. The minimum absolute atomic E-state index is 0.393. The number of aromatic nitrogens is 2. The van der Waals surface area contributed by atoms with E-state index in [9.17, 15) is 4.79 Å². The highest BCUT2D eigenvalue weighted by atomic mass is 16.4. The Kier molecular flexibility index (Phi) is 2.43. The van der Waals surface area contributed by atoms with E-state index in [2.05, 4.69) is 11.1 Å². The summed E-state index contributed by atoms with van der Waals surface area (Å²) in [4.78, 5) is 15.5. The van der Waals surface area contributed by atoms with E-state index in [1.807, 2.05) is 12.1 Å². The molecule has 0 atom stereocenters. The Hall–Kier alpha value is -2.87. The normalized spacial score (nSPS) is 10.5. The van der Waals surface area contributed by atoms with E-state index >= 15 is 0 Å². The molecule has 0 unspecified atom stereocenters. The molecule has 92 valence electrons. The molecular formula is C14H9N3O2. The maximum atomic E-state index is 11.4. The summed E-state index contributed by atoms with van der Waals surface area (Å²) >= 11 is 0. The molecule has 5 heteroatoms. The van der Waals surface area contributed by atoms with Crippen LogP contribution in [0.2, 0.25) is 0 Å². The molecule has 3 aromatic rings. The van der Waals surface area contributed by atoms with Crippen molar-refractivity contribution < 1.29 is 4.42 Å². The van der Waals surface area contributed by atoms with Crippen molar-refractivity contribution >= 4 is 11.1 Å². The van der Waals surface area contributed by atoms with Crippen LogP contribution < -0.4 is 5.76 Å². The number of rotatable bonds is 1. The van der Waals surface area contributed by atoms with Crippen LogP contribution in [0.15, 0.2) is 45.9 Å². The first-order valence-corrected chi connectivity index (χ1v) is 5.64. The molecule has 2 aromatic heterocycles. The fourth-order valence-corrected chi connectivity index (χ4v) is 1.97. The van der Waals surface area contributed by atoms with Gasteiger partial charge in [-0.25, -0.2) is 4.79 Å². The largest absolute Gasteiger partial charge is 0.419 e. The monoisotopic (exact) mass is 251 g/mol. The van der Waals surface area contributed by atoms with Gasteiger partial charge in [0.05, 0.1) is 11.1 Å². The van der Waals surface area contributed by atoms with Crippen molar-refractivity contribution in [1.82, 2.24) is 9.55 Å². The van der Waals surface area contributed by atoms with Crippen LogP contribution in [0, 0.1) is 11.3 Å². The Bertz CT molecular complexity index is 868. The summed E-state index contributed by atoms with van der Waals surface area (Å²) in [5.74, 6) is -0.393. The van der Waals surface area contributed by atoms with Crippen molar-refractivity contribution in [3.8, 4) is 17.2 Å². The topological polar surface area (TPSA) is 71.8 Å². The average molecular weight is 251 g/mol. The number of pyridine rings is 1. The van der Waals surface area contributed by atoms with Gasteiger partial charge in [-0.1, -0.05) is 6.07 Å². The maximum absolute atomic E-state index is 11.4. The molecule has 0 radical (unpaired) electrons. The fraction of sp³-hybridized carbons (Fsp3) is 0.0714. The van der Waals surface area contributed by atoms with Gasteiger partial charge >= 0.3 is 5.76 Å². The Morgan fingerprint density at radius 3 is 2.89 bits per heavy atom. The Labute approximate surface area is 108 Å². The van der Waals surface area contributed by atoms with Gasteiger partial charge in [0.2, 0.25) is 0 Å². The van der Waals surface area contributed by atoms with Gasteiger partial charge in [0, 0.05) is 25.0 Å². The first-order chi connectivity index (χ1) is 9.19. The number of fused-ring (bicyclic) bond motifs is 1. The summed E-state index contributed by atoms with van der Waals surface area (Å²) in [6.45, 7) is 0. The standard InChI is InChI=1S/C14H9N3O2/c1-17-12-5-10(2-3-13(12)19-14(17)18)11-4-9(6-15)7-16-8-11/h2-5,7-8H,1H3. The fourth-order valence-electron chi connectivity index (χ4n) is 1.97. The molecule has 19 heavy (non-hydrogen) atoms. The second kappa shape index (κ2) is 4.10. The van der Waals surface area contributed by atoms with Crippen LogP contribution in [0.25, 0.3) is 22.2 Å². The molecule has 0 aliphatic carbocycles. The van der Waals surface area contributed by atoms with Crippen molar-refractivity contribution in [2.24, 2.45) is 7.05 Å². The second-order valence-electron chi connectivity index (χ2n) is 4.18. The van der Waals surface area contributed by atoms with Gasteiger partial charge in [0.25, 0.3) is 0 Å². The zero-order valence-electron chi connectivity index (χ0n) is 10.1. The minimum atomic E-state index is -0.393. The molecule has 0 fully saturated rings. The predicted molar refractivity (Wildman–Crippen MR) is 69.4 cm³/mol. The van der Waals surface area contributed by atoms with Crippen molar-refractivity contribution in [1.29, 1.82) is 5.26 Å². The van der Waals surface area contributed by atoms with Gasteiger partial charge in [-0.05, 0) is 23.8 Å². The highest BCUT2D eigenvalue weighted by molar-refractivity contribution is 5.80. The molecule has 0 aliphatic heterocycles. The lowest BCUT2D eigenvalue weighted by atomic mass is 10.1. The van der Waals surface area contributed by atoms with Gasteiger partial charge in [-0.2, -0.15) is 5.26 Å². The lowest BCUT2D eigenvalue weighted by Gasteiger charge is -2.01.